The zero-order valence-electron chi connectivity index (χ0n) is 14.3. The fraction of sp³-hybridized carbons (Fsp3) is 0.143. The second-order valence-electron chi connectivity index (χ2n) is 6.73. The number of aromatic nitrogens is 4. The number of Topliss-reactive ketones (excluding diaryl/α,β-unsaturated/α-hetero) is 1. The predicted octanol–water partition coefficient (Wildman–Crippen LogP) is 4.36. The van der Waals surface area contributed by atoms with Crippen LogP contribution in [-0.2, 0) is 6.42 Å². The number of halogens is 1. The number of fused-ring (bicyclic) bond motifs is 2. The van der Waals surface area contributed by atoms with E-state index in [4.69, 9.17) is 11.6 Å². The van der Waals surface area contributed by atoms with E-state index in [0.717, 1.165) is 17.7 Å². The molecule has 1 aliphatic rings. The molecule has 0 saturated carbocycles. The first-order chi connectivity index (χ1) is 13.2. The van der Waals surface area contributed by atoms with E-state index in [1.54, 1.807) is 22.8 Å². The number of carbonyl (C=O) groups excluding carboxylic acids is 1. The number of rotatable bonds is 2. The van der Waals surface area contributed by atoms with Crippen LogP contribution in [0.5, 0.6) is 0 Å². The van der Waals surface area contributed by atoms with Crippen molar-refractivity contribution >= 4 is 23.2 Å². The first-order valence-corrected chi connectivity index (χ1v) is 9.15. The largest absolute Gasteiger partial charge is 0.294 e. The molecule has 0 spiro atoms. The topological polar surface area (TPSA) is 60.2 Å². The fourth-order valence-corrected chi connectivity index (χ4v) is 3.69. The third-order valence-electron chi connectivity index (χ3n) is 4.96. The zero-order valence-corrected chi connectivity index (χ0v) is 15.1. The van der Waals surface area contributed by atoms with Gasteiger partial charge in [0.05, 0.1) is 11.3 Å². The van der Waals surface area contributed by atoms with Crippen molar-refractivity contribution in [2.24, 2.45) is 0 Å². The highest BCUT2D eigenvalue weighted by Gasteiger charge is 2.28. The van der Waals surface area contributed by atoms with Crippen LogP contribution in [0.2, 0.25) is 5.02 Å². The zero-order chi connectivity index (χ0) is 18.4. The van der Waals surface area contributed by atoms with Crippen molar-refractivity contribution in [3.05, 3.63) is 82.6 Å². The molecule has 2 heterocycles. The molecule has 1 aliphatic carbocycles. The number of ketones is 1. The molecule has 27 heavy (non-hydrogen) atoms. The third-order valence-corrected chi connectivity index (χ3v) is 5.21. The lowest BCUT2D eigenvalue weighted by atomic mass is 9.82. The summed E-state index contributed by atoms with van der Waals surface area (Å²) in [6.07, 6.45) is 2.97. The van der Waals surface area contributed by atoms with Crippen LogP contribution in [0.1, 0.15) is 34.0 Å². The predicted molar refractivity (Wildman–Crippen MR) is 103 cm³/mol. The second kappa shape index (κ2) is 6.28. The minimum Gasteiger partial charge on any atom is -0.294 e. The maximum absolute atomic E-state index is 12.7. The van der Waals surface area contributed by atoms with Gasteiger partial charge in [0.1, 0.15) is 0 Å². The lowest BCUT2D eigenvalue weighted by Crippen LogP contribution is -2.21. The van der Waals surface area contributed by atoms with Gasteiger partial charge in [-0.25, -0.2) is 9.50 Å². The van der Waals surface area contributed by atoms with Crippen LogP contribution in [0.4, 0.5) is 0 Å². The van der Waals surface area contributed by atoms with Gasteiger partial charge in [0.25, 0.3) is 5.78 Å². The number of carbonyl (C=O) groups is 1. The maximum Gasteiger partial charge on any atom is 0.252 e. The van der Waals surface area contributed by atoms with E-state index < -0.39 is 0 Å². The Kier molecular flexibility index (Phi) is 3.76. The highest BCUT2D eigenvalue weighted by Crippen LogP contribution is 2.32. The molecule has 6 heteroatoms. The molecule has 0 radical (unpaired) electrons. The van der Waals surface area contributed by atoms with Crippen LogP contribution in [-0.4, -0.2) is 25.4 Å². The van der Waals surface area contributed by atoms with Gasteiger partial charge in [-0.05, 0) is 42.2 Å². The molecule has 0 saturated heterocycles. The molecule has 2 aromatic heterocycles. The Hall–Kier alpha value is -3.05. The third kappa shape index (κ3) is 2.90. The molecule has 0 amide bonds. The minimum absolute atomic E-state index is 0.100. The van der Waals surface area contributed by atoms with Crippen LogP contribution >= 0.6 is 11.6 Å². The Balaban J connectivity index is 1.56. The molecule has 0 N–H and O–H groups in total. The number of hydrogen-bond acceptors (Lipinski definition) is 4. The number of benzene rings is 2. The summed E-state index contributed by atoms with van der Waals surface area (Å²) in [5, 5.41) is 5.14. The Morgan fingerprint density at radius 3 is 2.52 bits per heavy atom. The first-order valence-electron chi connectivity index (χ1n) is 8.78. The molecular weight excluding hydrogens is 360 g/mol. The molecule has 5 rings (SSSR count). The Bertz CT molecular complexity index is 1150. The van der Waals surface area contributed by atoms with E-state index >= 15 is 0 Å². The van der Waals surface area contributed by atoms with Crippen molar-refractivity contribution in [1.82, 2.24) is 19.6 Å². The van der Waals surface area contributed by atoms with Crippen LogP contribution in [0, 0.1) is 0 Å². The lowest BCUT2D eigenvalue weighted by Gasteiger charge is -2.22. The monoisotopic (exact) mass is 374 g/mol. The van der Waals surface area contributed by atoms with E-state index in [-0.39, 0.29) is 11.7 Å². The minimum atomic E-state index is 0.100. The fourth-order valence-electron chi connectivity index (χ4n) is 3.57. The number of nitrogens with zero attached hydrogens (tertiary/aromatic N) is 4. The van der Waals surface area contributed by atoms with Gasteiger partial charge >= 0.3 is 0 Å². The normalized spacial score (nSPS) is 16.5. The number of hydrogen-bond donors (Lipinski definition) is 0. The quantitative estimate of drug-likeness (QED) is 0.523. The SMILES string of the molecule is O=C1C[C@@H](c2ccccc2)Cc2nc3nc(-c4ccc(Cl)cc4)nn3cc21. The molecule has 132 valence electrons. The summed E-state index contributed by atoms with van der Waals surface area (Å²) in [5.74, 6) is 1.32. The summed E-state index contributed by atoms with van der Waals surface area (Å²) in [5.41, 5.74) is 3.46. The van der Waals surface area contributed by atoms with Gasteiger partial charge in [0, 0.05) is 23.2 Å². The average molecular weight is 375 g/mol. The molecular formula is C21H15ClN4O. The summed E-state index contributed by atoms with van der Waals surface area (Å²) < 4.78 is 1.59. The molecule has 0 unspecified atom stereocenters. The van der Waals surface area contributed by atoms with E-state index in [1.807, 2.05) is 30.3 Å². The highest BCUT2D eigenvalue weighted by atomic mass is 35.5. The van der Waals surface area contributed by atoms with Gasteiger partial charge in [-0.2, -0.15) is 4.98 Å². The molecule has 4 aromatic rings. The van der Waals surface area contributed by atoms with Gasteiger partial charge in [-0.3, -0.25) is 4.79 Å². The molecule has 0 bridgehead atoms. The first kappa shape index (κ1) is 16.1. The average Bonchev–Trinajstić information content (AvgIpc) is 3.10. The highest BCUT2D eigenvalue weighted by molar-refractivity contribution is 6.30. The van der Waals surface area contributed by atoms with Gasteiger partial charge < -0.3 is 0 Å². The summed E-state index contributed by atoms with van der Waals surface area (Å²) in [6, 6.07) is 17.5. The van der Waals surface area contributed by atoms with Crippen molar-refractivity contribution in [2.45, 2.75) is 18.8 Å². The Morgan fingerprint density at radius 2 is 1.74 bits per heavy atom. The summed E-state index contributed by atoms with van der Waals surface area (Å²) in [7, 11) is 0. The van der Waals surface area contributed by atoms with Crippen molar-refractivity contribution in [1.29, 1.82) is 0 Å². The van der Waals surface area contributed by atoms with Crippen LogP contribution in [0.25, 0.3) is 17.2 Å². The van der Waals surface area contributed by atoms with Gasteiger partial charge in [-0.15, -0.1) is 5.10 Å². The molecule has 2 aromatic carbocycles. The van der Waals surface area contributed by atoms with Gasteiger partial charge in [0.2, 0.25) is 0 Å². The van der Waals surface area contributed by atoms with E-state index in [2.05, 4.69) is 27.2 Å². The summed E-state index contributed by atoms with van der Waals surface area (Å²) in [4.78, 5) is 21.9. The molecule has 0 aliphatic heterocycles. The van der Waals surface area contributed by atoms with E-state index in [1.165, 1.54) is 5.56 Å². The van der Waals surface area contributed by atoms with Gasteiger partial charge in [0.15, 0.2) is 11.6 Å². The summed E-state index contributed by atoms with van der Waals surface area (Å²) in [6.45, 7) is 0. The van der Waals surface area contributed by atoms with Crippen LogP contribution in [0.3, 0.4) is 0 Å². The molecule has 5 nitrogen and oxygen atoms in total. The van der Waals surface area contributed by atoms with Crippen molar-refractivity contribution in [2.75, 3.05) is 0 Å². The van der Waals surface area contributed by atoms with E-state index in [0.29, 0.717) is 28.6 Å². The van der Waals surface area contributed by atoms with Crippen LogP contribution in [0.15, 0.2) is 60.8 Å². The maximum atomic E-state index is 12.7. The van der Waals surface area contributed by atoms with Gasteiger partial charge in [-0.1, -0.05) is 41.9 Å². The van der Waals surface area contributed by atoms with Crippen molar-refractivity contribution < 1.29 is 4.79 Å². The van der Waals surface area contributed by atoms with Crippen molar-refractivity contribution in [3.63, 3.8) is 0 Å². The summed E-state index contributed by atoms with van der Waals surface area (Å²) >= 11 is 5.95. The molecule has 1 atom stereocenters. The Morgan fingerprint density at radius 1 is 0.963 bits per heavy atom. The van der Waals surface area contributed by atoms with E-state index in [9.17, 15) is 4.79 Å². The van der Waals surface area contributed by atoms with Crippen LogP contribution < -0.4 is 0 Å². The lowest BCUT2D eigenvalue weighted by molar-refractivity contribution is 0.0962. The smallest absolute Gasteiger partial charge is 0.252 e. The Labute approximate surface area is 160 Å². The van der Waals surface area contributed by atoms with Crippen molar-refractivity contribution in [3.8, 4) is 11.4 Å². The second-order valence-corrected chi connectivity index (χ2v) is 7.16. The standard InChI is InChI=1S/C21H15ClN4O/c22-16-8-6-14(7-9-16)20-24-21-23-18-10-15(13-4-2-1-3-5-13)11-19(27)17(18)12-26(21)25-20/h1-9,12,15H,10-11H2/t15-/m0/s1. The molecule has 0 fully saturated rings.